The first-order valence-corrected chi connectivity index (χ1v) is 7.47. The minimum atomic E-state index is 0.580. The fourth-order valence-electron chi connectivity index (χ4n) is 1.52. The van der Waals surface area contributed by atoms with Crippen molar-refractivity contribution in [1.29, 1.82) is 0 Å². The first-order valence-electron chi connectivity index (χ1n) is 5.82. The van der Waals surface area contributed by atoms with Gasteiger partial charge in [-0.2, -0.15) is 4.37 Å². The second kappa shape index (κ2) is 7.25. The highest BCUT2D eigenvalue weighted by Gasteiger charge is 2.11. The minimum absolute atomic E-state index is 0.580. The summed E-state index contributed by atoms with van der Waals surface area (Å²) in [6, 6.07) is 0.580. The minimum Gasteiger partial charge on any atom is -0.314 e. The molecule has 0 amide bonds. The Morgan fingerprint density at radius 3 is 2.75 bits per heavy atom. The highest BCUT2D eigenvalue weighted by Crippen LogP contribution is 2.27. The lowest BCUT2D eigenvalue weighted by Gasteiger charge is -2.16. The zero-order valence-electron chi connectivity index (χ0n) is 10.5. The summed E-state index contributed by atoms with van der Waals surface area (Å²) in [5, 5.41) is 4.10. The van der Waals surface area contributed by atoms with Gasteiger partial charge in [-0.1, -0.05) is 25.6 Å². The van der Waals surface area contributed by atoms with Crippen molar-refractivity contribution in [2.24, 2.45) is 0 Å². The van der Waals surface area contributed by atoms with Crippen LogP contribution in [-0.4, -0.2) is 27.2 Å². The zero-order chi connectivity index (χ0) is 12.0. The monoisotopic (exact) mass is 259 g/mol. The molecule has 0 saturated heterocycles. The second-order valence-electron chi connectivity index (χ2n) is 4.13. The van der Waals surface area contributed by atoms with Gasteiger partial charge in [0.25, 0.3) is 0 Å². The fourth-order valence-corrected chi connectivity index (χ4v) is 3.63. The number of aryl methyl sites for hydroxylation is 1. The van der Waals surface area contributed by atoms with E-state index in [0.29, 0.717) is 11.3 Å². The highest BCUT2D eigenvalue weighted by atomic mass is 32.2. The summed E-state index contributed by atoms with van der Waals surface area (Å²) in [7, 11) is 0. The highest BCUT2D eigenvalue weighted by molar-refractivity contribution is 8.01. The van der Waals surface area contributed by atoms with Crippen LogP contribution >= 0.6 is 23.3 Å². The Morgan fingerprint density at radius 2 is 2.19 bits per heavy atom. The van der Waals surface area contributed by atoms with Crippen molar-refractivity contribution in [3.8, 4) is 0 Å². The molecular weight excluding hydrogens is 238 g/mol. The van der Waals surface area contributed by atoms with Gasteiger partial charge in [0.1, 0.15) is 5.82 Å². The normalized spacial score (nSPS) is 15.0. The van der Waals surface area contributed by atoms with Crippen LogP contribution in [0.5, 0.6) is 0 Å². The summed E-state index contributed by atoms with van der Waals surface area (Å²) >= 11 is 3.34. The number of aromatic nitrogens is 2. The quantitative estimate of drug-likeness (QED) is 0.764. The molecule has 0 fully saturated rings. The molecule has 0 radical (unpaired) electrons. The third-order valence-electron chi connectivity index (χ3n) is 2.24. The van der Waals surface area contributed by atoms with Crippen molar-refractivity contribution in [2.45, 2.75) is 56.2 Å². The van der Waals surface area contributed by atoms with Crippen LogP contribution in [-0.2, 0) is 0 Å². The van der Waals surface area contributed by atoms with Crippen LogP contribution in [0.4, 0.5) is 0 Å². The van der Waals surface area contributed by atoms with E-state index in [1.54, 1.807) is 0 Å². The topological polar surface area (TPSA) is 37.8 Å². The molecule has 0 aliphatic carbocycles. The Hall–Kier alpha value is -0.130. The lowest BCUT2D eigenvalue weighted by atomic mass is 10.2. The molecule has 1 rings (SSSR count). The smallest absolute Gasteiger partial charge is 0.170 e. The number of rotatable bonds is 7. The van der Waals surface area contributed by atoms with Gasteiger partial charge in [0.05, 0.1) is 0 Å². The molecule has 3 nitrogen and oxygen atoms in total. The molecule has 2 atom stereocenters. The van der Waals surface area contributed by atoms with Crippen LogP contribution in [0, 0.1) is 6.92 Å². The largest absolute Gasteiger partial charge is 0.314 e. The van der Waals surface area contributed by atoms with Gasteiger partial charge >= 0.3 is 0 Å². The lowest BCUT2D eigenvalue weighted by Crippen LogP contribution is -2.29. The van der Waals surface area contributed by atoms with Crippen molar-refractivity contribution in [3.63, 3.8) is 0 Å². The van der Waals surface area contributed by atoms with E-state index in [9.17, 15) is 0 Å². The summed E-state index contributed by atoms with van der Waals surface area (Å²) in [6.07, 6.45) is 2.37. The van der Waals surface area contributed by atoms with E-state index in [1.165, 1.54) is 24.4 Å². The Kier molecular flexibility index (Phi) is 6.31. The van der Waals surface area contributed by atoms with E-state index in [1.807, 2.05) is 18.7 Å². The fraction of sp³-hybridized carbons (Fsp3) is 0.818. The van der Waals surface area contributed by atoms with Crippen LogP contribution in [0.3, 0.4) is 0 Å². The van der Waals surface area contributed by atoms with Gasteiger partial charge in [0.15, 0.2) is 4.34 Å². The molecule has 0 aliphatic rings. The van der Waals surface area contributed by atoms with Crippen LogP contribution in [0.25, 0.3) is 0 Å². The molecule has 5 heteroatoms. The summed E-state index contributed by atoms with van der Waals surface area (Å²) in [5.41, 5.74) is 0. The maximum atomic E-state index is 4.37. The number of hydrogen-bond acceptors (Lipinski definition) is 5. The van der Waals surface area contributed by atoms with Crippen molar-refractivity contribution in [2.75, 3.05) is 6.54 Å². The van der Waals surface area contributed by atoms with Crippen molar-refractivity contribution >= 4 is 23.3 Å². The number of nitrogens with zero attached hydrogens (tertiary/aromatic N) is 2. The van der Waals surface area contributed by atoms with E-state index in [0.717, 1.165) is 16.7 Å². The first kappa shape index (κ1) is 13.9. The predicted molar refractivity (Wildman–Crippen MR) is 72.3 cm³/mol. The number of nitrogens with one attached hydrogen (secondary N) is 1. The molecule has 1 aromatic rings. The van der Waals surface area contributed by atoms with Crippen LogP contribution < -0.4 is 5.32 Å². The molecule has 0 saturated carbocycles. The maximum absolute atomic E-state index is 4.37. The maximum Gasteiger partial charge on any atom is 0.170 e. The average Bonchev–Trinajstić information content (AvgIpc) is 2.60. The predicted octanol–water partition coefficient (Wildman–Crippen LogP) is 3.11. The van der Waals surface area contributed by atoms with Crippen LogP contribution in [0.15, 0.2) is 4.34 Å². The van der Waals surface area contributed by atoms with E-state index in [2.05, 4.69) is 35.4 Å². The molecule has 16 heavy (non-hydrogen) atoms. The third kappa shape index (κ3) is 5.27. The molecule has 0 spiro atoms. The van der Waals surface area contributed by atoms with Crippen molar-refractivity contribution < 1.29 is 0 Å². The van der Waals surface area contributed by atoms with Crippen molar-refractivity contribution in [1.82, 2.24) is 14.7 Å². The Morgan fingerprint density at radius 1 is 1.44 bits per heavy atom. The second-order valence-corrected chi connectivity index (χ2v) is 6.56. The molecule has 2 unspecified atom stereocenters. The summed E-state index contributed by atoms with van der Waals surface area (Å²) < 4.78 is 5.28. The average molecular weight is 259 g/mol. The van der Waals surface area contributed by atoms with Gasteiger partial charge < -0.3 is 5.32 Å². The molecule has 0 aromatic carbocycles. The Bertz CT molecular complexity index is 301. The Balaban J connectivity index is 2.27. The summed E-state index contributed by atoms with van der Waals surface area (Å²) in [6.45, 7) is 9.75. The first-order chi connectivity index (χ1) is 7.61. The lowest BCUT2D eigenvalue weighted by molar-refractivity contribution is 0.513. The van der Waals surface area contributed by atoms with E-state index >= 15 is 0 Å². The third-order valence-corrected chi connectivity index (χ3v) is 4.24. The number of thioether (sulfide) groups is 1. The van der Waals surface area contributed by atoms with Gasteiger partial charge in [0.2, 0.25) is 0 Å². The molecule has 92 valence electrons. The molecule has 0 bridgehead atoms. The van der Waals surface area contributed by atoms with Crippen molar-refractivity contribution in [3.05, 3.63) is 5.82 Å². The van der Waals surface area contributed by atoms with Gasteiger partial charge in [-0.3, -0.25) is 0 Å². The van der Waals surface area contributed by atoms with Crippen LogP contribution in [0.2, 0.25) is 0 Å². The SMILES string of the molecule is CCCNC(C)CC(C)Sc1nc(C)ns1. The number of hydrogen-bond donors (Lipinski definition) is 1. The van der Waals surface area contributed by atoms with Crippen LogP contribution in [0.1, 0.15) is 39.4 Å². The summed E-state index contributed by atoms with van der Waals surface area (Å²) in [4.78, 5) is 4.37. The zero-order valence-corrected chi connectivity index (χ0v) is 12.1. The molecule has 1 N–H and O–H groups in total. The summed E-state index contributed by atoms with van der Waals surface area (Å²) in [5.74, 6) is 0.886. The van der Waals surface area contributed by atoms with Gasteiger partial charge in [-0.25, -0.2) is 4.98 Å². The molecule has 0 aliphatic heterocycles. The van der Waals surface area contributed by atoms with E-state index in [-0.39, 0.29) is 0 Å². The van der Waals surface area contributed by atoms with E-state index < -0.39 is 0 Å². The van der Waals surface area contributed by atoms with Gasteiger partial charge in [-0.05, 0) is 44.8 Å². The van der Waals surface area contributed by atoms with Gasteiger partial charge in [-0.15, -0.1) is 0 Å². The Labute approximate surface area is 107 Å². The molecule has 1 aromatic heterocycles. The van der Waals surface area contributed by atoms with E-state index in [4.69, 9.17) is 0 Å². The van der Waals surface area contributed by atoms with Gasteiger partial charge in [0, 0.05) is 11.3 Å². The molecular formula is C11H21N3S2. The molecule has 1 heterocycles. The standard InChI is InChI=1S/C11H21N3S2/c1-5-6-12-8(2)7-9(3)15-11-13-10(4)14-16-11/h8-9,12H,5-7H2,1-4H3.